The fourth-order valence-electron chi connectivity index (χ4n) is 3.06. The molecule has 36 heavy (non-hydrogen) atoms. The van der Waals surface area contributed by atoms with Gasteiger partial charge in [0.1, 0.15) is 12.7 Å². The van der Waals surface area contributed by atoms with Crippen LogP contribution in [0.4, 0.5) is 13.6 Å². The zero-order valence-electron chi connectivity index (χ0n) is 19.1. The molecule has 198 valence electrons. The minimum absolute atomic E-state index is 0.147. The highest BCUT2D eigenvalue weighted by Gasteiger charge is 2.51. The number of halogens is 2. The third-order valence-electron chi connectivity index (χ3n) is 4.49. The maximum atomic E-state index is 15.2. The SMILES string of the molecule is CC(=O)OC[C@H]1O[C@@H](NC(=O)CNC(=O)n2cc(F)c(=O)[nH]c2=O)[C@H](F)[C@@H](OC(C)=O)[C@@H]1OC(C)=O. The molecule has 0 radical (unpaired) electrons. The molecule has 0 spiro atoms. The van der Waals surface area contributed by atoms with Crippen LogP contribution < -0.4 is 21.9 Å². The summed E-state index contributed by atoms with van der Waals surface area (Å²) in [6, 6.07) is -1.30. The topological polar surface area (TPSA) is 201 Å². The first kappa shape index (κ1) is 28.1. The van der Waals surface area contributed by atoms with E-state index in [1.807, 2.05) is 5.32 Å². The van der Waals surface area contributed by atoms with Gasteiger partial charge in [0.25, 0.3) is 5.56 Å². The number of H-pyrrole nitrogens is 1. The molecule has 1 saturated heterocycles. The van der Waals surface area contributed by atoms with Crippen LogP contribution in [-0.2, 0) is 38.1 Å². The lowest BCUT2D eigenvalue weighted by atomic mass is 9.98. The summed E-state index contributed by atoms with van der Waals surface area (Å²) in [6.07, 6.45) is -8.52. The van der Waals surface area contributed by atoms with E-state index in [0.717, 1.165) is 20.8 Å². The van der Waals surface area contributed by atoms with Crippen LogP contribution >= 0.6 is 0 Å². The molecule has 0 saturated carbocycles. The van der Waals surface area contributed by atoms with E-state index in [9.17, 15) is 38.0 Å². The summed E-state index contributed by atoms with van der Waals surface area (Å²) in [5.41, 5.74) is -2.64. The monoisotopic (exact) mass is 520 g/mol. The molecule has 5 atom stereocenters. The quantitative estimate of drug-likeness (QED) is 0.261. The minimum atomic E-state index is -2.29. The first-order valence-electron chi connectivity index (χ1n) is 10.2. The molecular weight excluding hydrogens is 498 g/mol. The van der Waals surface area contributed by atoms with E-state index in [0.29, 0.717) is 6.20 Å². The van der Waals surface area contributed by atoms with Gasteiger partial charge in [-0.1, -0.05) is 0 Å². The summed E-state index contributed by atoms with van der Waals surface area (Å²) >= 11 is 0. The standard InChI is InChI=1S/C19H22F2N4O11/c1-7(26)33-6-11-14(34-8(2)27)15(35-9(3)28)13(21)17(36-11)23-12(29)4-22-18(31)25-5-10(20)16(30)24-19(25)32/h5,11,13-15,17H,4,6H2,1-3H3,(H,22,31)(H,23,29)(H,24,30,32)/t11-,13-,14-,15-,17-/m1/s1. The fraction of sp³-hybridized carbons (Fsp3) is 0.526. The molecule has 3 N–H and O–H groups in total. The lowest BCUT2D eigenvalue weighted by Crippen LogP contribution is -2.64. The molecule has 2 amide bonds. The number of aromatic amines is 1. The molecule has 1 fully saturated rings. The van der Waals surface area contributed by atoms with Crippen molar-refractivity contribution in [2.24, 2.45) is 0 Å². The summed E-state index contributed by atoms with van der Waals surface area (Å²) in [6.45, 7) is 1.57. The molecular formula is C19H22F2N4O11. The average Bonchev–Trinajstić information content (AvgIpc) is 2.77. The van der Waals surface area contributed by atoms with Crippen molar-refractivity contribution in [3.63, 3.8) is 0 Å². The highest BCUT2D eigenvalue weighted by atomic mass is 19.1. The summed E-state index contributed by atoms with van der Waals surface area (Å²) in [5, 5.41) is 4.00. The van der Waals surface area contributed by atoms with Crippen LogP contribution in [0.1, 0.15) is 20.8 Å². The molecule has 1 aliphatic rings. The van der Waals surface area contributed by atoms with Crippen LogP contribution in [0.15, 0.2) is 15.8 Å². The number of carbonyl (C=O) groups excluding carboxylic acids is 5. The van der Waals surface area contributed by atoms with Crippen molar-refractivity contribution in [3.05, 3.63) is 32.9 Å². The third-order valence-corrected chi connectivity index (χ3v) is 4.49. The summed E-state index contributed by atoms with van der Waals surface area (Å²) in [4.78, 5) is 82.7. The zero-order chi connectivity index (χ0) is 27.2. The number of nitrogens with zero attached hydrogens (tertiary/aromatic N) is 1. The maximum Gasteiger partial charge on any atom is 0.336 e. The Hall–Kier alpha value is -4.15. The molecule has 0 unspecified atom stereocenters. The first-order valence-corrected chi connectivity index (χ1v) is 10.2. The van der Waals surface area contributed by atoms with Crippen molar-refractivity contribution in [1.29, 1.82) is 0 Å². The second kappa shape index (κ2) is 12.0. The van der Waals surface area contributed by atoms with E-state index < -0.39 is 90.8 Å². The lowest BCUT2D eigenvalue weighted by Gasteiger charge is -2.42. The molecule has 15 nitrogen and oxygen atoms in total. The predicted molar refractivity (Wildman–Crippen MR) is 110 cm³/mol. The van der Waals surface area contributed by atoms with E-state index in [1.54, 1.807) is 4.98 Å². The fourth-order valence-corrected chi connectivity index (χ4v) is 3.06. The van der Waals surface area contributed by atoms with E-state index in [4.69, 9.17) is 18.9 Å². The Bertz CT molecular complexity index is 1150. The maximum absolute atomic E-state index is 15.2. The highest BCUT2D eigenvalue weighted by molar-refractivity contribution is 5.84. The molecule has 1 aromatic heterocycles. The normalized spacial score (nSPS) is 23.2. The number of aromatic nitrogens is 2. The second-order valence-electron chi connectivity index (χ2n) is 7.32. The zero-order valence-corrected chi connectivity index (χ0v) is 19.1. The van der Waals surface area contributed by atoms with Gasteiger partial charge >= 0.3 is 29.6 Å². The van der Waals surface area contributed by atoms with Crippen molar-refractivity contribution >= 4 is 29.8 Å². The van der Waals surface area contributed by atoms with E-state index in [-0.39, 0.29) is 4.57 Å². The molecule has 2 rings (SSSR count). The largest absolute Gasteiger partial charge is 0.463 e. The number of esters is 3. The second-order valence-corrected chi connectivity index (χ2v) is 7.32. The average molecular weight is 520 g/mol. The van der Waals surface area contributed by atoms with Gasteiger partial charge in [-0.25, -0.2) is 18.5 Å². The Balaban J connectivity index is 2.15. The number of carbonyl (C=O) groups is 5. The van der Waals surface area contributed by atoms with E-state index in [1.165, 1.54) is 0 Å². The Morgan fingerprint density at radius 3 is 2.25 bits per heavy atom. The van der Waals surface area contributed by atoms with E-state index >= 15 is 4.39 Å². The number of ether oxygens (including phenoxy) is 4. The van der Waals surface area contributed by atoms with Crippen molar-refractivity contribution in [2.45, 2.75) is 51.5 Å². The van der Waals surface area contributed by atoms with Gasteiger partial charge < -0.3 is 29.6 Å². The molecule has 0 aromatic carbocycles. The Kier molecular flexibility index (Phi) is 9.37. The van der Waals surface area contributed by atoms with Crippen LogP contribution in [0.3, 0.4) is 0 Å². The first-order chi connectivity index (χ1) is 16.8. The van der Waals surface area contributed by atoms with Crippen LogP contribution in [0.25, 0.3) is 0 Å². The summed E-state index contributed by atoms with van der Waals surface area (Å²) in [7, 11) is 0. The van der Waals surface area contributed by atoms with Crippen LogP contribution in [0.5, 0.6) is 0 Å². The van der Waals surface area contributed by atoms with Gasteiger partial charge in [-0.3, -0.25) is 29.0 Å². The van der Waals surface area contributed by atoms with E-state index in [2.05, 4.69) is 5.32 Å². The third kappa shape index (κ3) is 7.42. The van der Waals surface area contributed by atoms with Gasteiger partial charge in [-0.15, -0.1) is 0 Å². The predicted octanol–water partition coefficient (Wildman–Crippen LogP) is -2.16. The number of nitrogens with one attached hydrogen (secondary N) is 3. The number of alkyl halides is 1. The highest BCUT2D eigenvalue weighted by Crippen LogP contribution is 2.28. The Morgan fingerprint density at radius 2 is 1.67 bits per heavy atom. The number of hydrogen-bond donors (Lipinski definition) is 3. The number of hydrogen-bond acceptors (Lipinski definition) is 11. The van der Waals surface area contributed by atoms with Crippen LogP contribution in [0, 0.1) is 5.82 Å². The van der Waals surface area contributed by atoms with Gasteiger partial charge in [-0.05, 0) is 0 Å². The summed E-state index contributed by atoms with van der Waals surface area (Å²) in [5.74, 6) is -5.12. The molecule has 0 bridgehead atoms. The number of rotatable bonds is 7. The number of amides is 2. The molecule has 2 heterocycles. The molecule has 1 aromatic rings. The van der Waals surface area contributed by atoms with Crippen molar-refractivity contribution in [3.8, 4) is 0 Å². The van der Waals surface area contributed by atoms with Gasteiger partial charge in [0, 0.05) is 20.8 Å². The van der Waals surface area contributed by atoms with Crippen molar-refractivity contribution < 1.29 is 51.7 Å². The van der Waals surface area contributed by atoms with Crippen molar-refractivity contribution in [2.75, 3.05) is 13.2 Å². The smallest absolute Gasteiger partial charge is 0.336 e. The van der Waals surface area contributed by atoms with Gasteiger partial charge in [0.05, 0.1) is 12.7 Å². The molecule has 1 aliphatic heterocycles. The van der Waals surface area contributed by atoms with Gasteiger partial charge in [0.2, 0.25) is 11.7 Å². The lowest BCUT2D eigenvalue weighted by molar-refractivity contribution is -0.239. The Labute approximate surface area is 200 Å². The van der Waals surface area contributed by atoms with Crippen LogP contribution in [0.2, 0.25) is 0 Å². The molecule has 0 aliphatic carbocycles. The van der Waals surface area contributed by atoms with Gasteiger partial charge in [0.15, 0.2) is 24.6 Å². The van der Waals surface area contributed by atoms with Gasteiger partial charge in [-0.2, -0.15) is 4.39 Å². The van der Waals surface area contributed by atoms with Crippen LogP contribution in [-0.4, -0.2) is 83.3 Å². The minimum Gasteiger partial charge on any atom is -0.463 e. The Morgan fingerprint density at radius 1 is 1.06 bits per heavy atom. The van der Waals surface area contributed by atoms with Crippen molar-refractivity contribution in [1.82, 2.24) is 20.2 Å². The molecule has 17 heteroatoms. The summed E-state index contributed by atoms with van der Waals surface area (Å²) < 4.78 is 48.8.